The van der Waals surface area contributed by atoms with Gasteiger partial charge >= 0.3 is 0 Å². The van der Waals surface area contributed by atoms with Crippen molar-refractivity contribution < 1.29 is 4.79 Å². The molecule has 25 heavy (non-hydrogen) atoms. The van der Waals surface area contributed by atoms with Gasteiger partial charge in [-0.25, -0.2) is 0 Å². The standard InChI is InChI=1S/C20H20N4O/c1-14-10-15(2)12-17(11-14)21-18-8-9-19(24-23-18)22-20(25)13-16-6-4-3-5-7-16/h3-12H,13H2,1-2H3,(H,21,23)(H,22,24,25). The summed E-state index contributed by atoms with van der Waals surface area (Å²) < 4.78 is 0. The number of carbonyl (C=O) groups excluding carboxylic acids is 1. The number of anilines is 3. The molecular weight excluding hydrogens is 312 g/mol. The number of aryl methyl sites for hydroxylation is 2. The fraction of sp³-hybridized carbons (Fsp3) is 0.150. The average molecular weight is 332 g/mol. The fourth-order valence-electron chi connectivity index (χ4n) is 2.63. The summed E-state index contributed by atoms with van der Waals surface area (Å²) in [5.41, 5.74) is 4.29. The van der Waals surface area contributed by atoms with Crippen molar-refractivity contribution in [2.45, 2.75) is 20.3 Å². The third kappa shape index (κ3) is 4.88. The molecule has 5 heteroatoms. The Labute approximate surface area is 147 Å². The Morgan fingerprint density at radius 2 is 1.52 bits per heavy atom. The lowest BCUT2D eigenvalue weighted by molar-refractivity contribution is -0.115. The molecule has 2 N–H and O–H groups in total. The van der Waals surface area contributed by atoms with Crippen LogP contribution >= 0.6 is 0 Å². The van der Waals surface area contributed by atoms with E-state index in [-0.39, 0.29) is 5.91 Å². The number of nitrogens with one attached hydrogen (secondary N) is 2. The Bertz CT molecular complexity index is 840. The number of aromatic nitrogens is 2. The van der Waals surface area contributed by atoms with Gasteiger partial charge in [0.1, 0.15) is 0 Å². The summed E-state index contributed by atoms with van der Waals surface area (Å²) in [6, 6.07) is 19.3. The van der Waals surface area contributed by atoms with Crippen LogP contribution in [0.25, 0.3) is 0 Å². The lowest BCUT2D eigenvalue weighted by atomic mass is 10.1. The first-order valence-electron chi connectivity index (χ1n) is 8.11. The second-order valence-electron chi connectivity index (χ2n) is 6.02. The second-order valence-corrected chi connectivity index (χ2v) is 6.02. The summed E-state index contributed by atoms with van der Waals surface area (Å²) in [6.45, 7) is 4.10. The van der Waals surface area contributed by atoms with E-state index >= 15 is 0 Å². The Kier molecular flexibility index (Phi) is 5.04. The molecule has 0 spiro atoms. The molecule has 0 unspecified atom stereocenters. The highest BCUT2D eigenvalue weighted by Crippen LogP contribution is 2.18. The van der Waals surface area contributed by atoms with E-state index in [4.69, 9.17) is 0 Å². The highest BCUT2D eigenvalue weighted by Gasteiger charge is 2.06. The van der Waals surface area contributed by atoms with Crippen molar-refractivity contribution in [3.63, 3.8) is 0 Å². The highest BCUT2D eigenvalue weighted by molar-refractivity contribution is 5.91. The molecule has 2 aromatic carbocycles. The lowest BCUT2D eigenvalue weighted by Crippen LogP contribution is -2.15. The molecule has 0 aliphatic carbocycles. The Balaban J connectivity index is 1.61. The molecule has 0 aliphatic rings. The summed E-state index contributed by atoms with van der Waals surface area (Å²) >= 11 is 0. The normalized spacial score (nSPS) is 10.3. The minimum atomic E-state index is -0.115. The number of benzene rings is 2. The smallest absolute Gasteiger partial charge is 0.229 e. The first kappa shape index (κ1) is 16.6. The van der Waals surface area contributed by atoms with E-state index in [1.165, 1.54) is 11.1 Å². The van der Waals surface area contributed by atoms with Gasteiger partial charge in [0.15, 0.2) is 11.6 Å². The first-order valence-corrected chi connectivity index (χ1v) is 8.11. The van der Waals surface area contributed by atoms with Crippen LogP contribution in [0.1, 0.15) is 16.7 Å². The minimum Gasteiger partial charge on any atom is -0.339 e. The number of nitrogens with zero attached hydrogens (tertiary/aromatic N) is 2. The zero-order valence-corrected chi connectivity index (χ0v) is 14.3. The average Bonchev–Trinajstić information content (AvgIpc) is 2.56. The number of hydrogen-bond acceptors (Lipinski definition) is 4. The van der Waals surface area contributed by atoms with Crippen LogP contribution < -0.4 is 10.6 Å². The van der Waals surface area contributed by atoms with Gasteiger partial charge in [-0.15, -0.1) is 10.2 Å². The summed E-state index contributed by atoms with van der Waals surface area (Å²) in [6.07, 6.45) is 0.311. The molecule has 3 aromatic rings. The Morgan fingerprint density at radius 1 is 0.880 bits per heavy atom. The monoisotopic (exact) mass is 332 g/mol. The van der Waals surface area contributed by atoms with Gasteiger partial charge in [0.2, 0.25) is 5.91 Å². The molecule has 0 fully saturated rings. The van der Waals surface area contributed by atoms with E-state index in [0.717, 1.165) is 11.3 Å². The zero-order chi connectivity index (χ0) is 17.6. The first-order chi connectivity index (χ1) is 12.1. The van der Waals surface area contributed by atoms with Crippen LogP contribution in [-0.4, -0.2) is 16.1 Å². The third-order valence-electron chi connectivity index (χ3n) is 3.63. The Hall–Kier alpha value is -3.21. The SMILES string of the molecule is Cc1cc(C)cc(Nc2ccc(NC(=O)Cc3ccccc3)nn2)c1. The van der Waals surface area contributed by atoms with Crippen LogP contribution in [0, 0.1) is 13.8 Å². The highest BCUT2D eigenvalue weighted by atomic mass is 16.1. The number of rotatable bonds is 5. The maximum atomic E-state index is 12.0. The van der Waals surface area contributed by atoms with Crippen molar-refractivity contribution in [1.82, 2.24) is 10.2 Å². The van der Waals surface area contributed by atoms with Gasteiger partial charge in [-0.3, -0.25) is 4.79 Å². The topological polar surface area (TPSA) is 66.9 Å². The van der Waals surface area contributed by atoms with E-state index < -0.39 is 0 Å². The molecule has 1 heterocycles. The van der Waals surface area contributed by atoms with E-state index in [1.807, 2.05) is 42.5 Å². The lowest BCUT2D eigenvalue weighted by Gasteiger charge is -2.08. The van der Waals surface area contributed by atoms with Crippen LogP contribution in [-0.2, 0) is 11.2 Å². The fourth-order valence-corrected chi connectivity index (χ4v) is 2.63. The predicted octanol–water partition coefficient (Wildman–Crippen LogP) is 4.02. The van der Waals surface area contributed by atoms with Crippen LogP contribution in [0.5, 0.6) is 0 Å². The van der Waals surface area contributed by atoms with E-state index in [0.29, 0.717) is 18.1 Å². The van der Waals surface area contributed by atoms with Crippen LogP contribution in [0.3, 0.4) is 0 Å². The van der Waals surface area contributed by atoms with Crippen LogP contribution in [0.4, 0.5) is 17.3 Å². The van der Waals surface area contributed by atoms with Crippen molar-refractivity contribution in [2.24, 2.45) is 0 Å². The summed E-state index contributed by atoms with van der Waals surface area (Å²) in [7, 11) is 0. The van der Waals surface area contributed by atoms with Gasteiger partial charge in [-0.1, -0.05) is 36.4 Å². The van der Waals surface area contributed by atoms with Crippen molar-refractivity contribution in [3.8, 4) is 0 Å². The van der Waals surface area contributed by atoms with Gasteiger partial charge in [-0.05, 0) is 54.8 Å². The molecule has 1 amide bonds. The van der Waals surface area contributed by atoms with E-state index in [9.17, 15) is 4.79 Å². The van der Waals surface area contributed by atoms with Gasteiger partial charge < -0.3 is 10.6 Å². The minimum absolute atomic E-state index is 0.115. The molecule has 0 bridgehead atoms. The Morgan fingerprint density at radius 3 is 2.16 bits per heavy atom. The molecule has 0 saturated heterocycles. The van der Waals surface area contributed by atoms with E-state index in [2.05, 4.69) is 40.7 Å². The zero-order valence-electron chi connectivity index (χ0n) is 14.3. The molecule has 126 valence electrons. The van der Waals surface area contributed by atoms with Crippen molar-refractivity contribution in [1.29, 1.82) is 0 Å². The second kappa shape index (κ2) is 7.57. The van der Waals surface area contributed by atoms with Gasteiger partial charge in [0.05, 0.1) is 6.42 Å². The van der Waals surface area contributed by atoms with Gasteiger partial charge in [-0.2, -0.15) is 0 Å². The molecule has 5 nitrogen and oxygen atoms in total. The number of amides is 1. The molecular formula is C20H20N4O. The van der Waals surface area contributed by atoms with Crippen molar-refractivity contribution >= 4 is 23.2 Å². The third-order valence-corrected chi connectivity index (χ3v) is 3.63. The number of hydrogen-bond donors (Lipinski definition) is 2. The van der Waals surface area contributed by atoms with Gasteiger partial charge in [0.25, 0.3) is 0 Å². The molecule has 3 rings (SSSR count). The number of carbonyl (C=O) groups is 1. The molecule has 1 aromatic heterocycles. The van der Waals surface area contributed by atoms with Crippen LogP contribution in [0.15, 0.2) is 60.7 Å². The predicted molar refractivity (Wildman–Crippen MR) is 100 cm³/mol. The molecule has 0 atom stereocenters. The molecule has 0 saturated carbocycles. The van der Waals surface area contributed by atoms with Crippen LogP contribution in [0.2, 0.25) is 0 Å². The summed E-state index contributed by atoms with van der Waals surface area (Å²) in [4.78, 5) is 12.0. The largest absolute Gasteiger partial charge is 0.339 e. The maximum Gasteiger partial charge on any atom is 0.229 e. The summed E-state index contributed by atoms with van der Waals surface area (Å²) in [5.74, 6) is 0.952. The van der Waals surface area contributed by atoms with Crippen molar-refractivity contribution in [3.05, 3.63) is 77.4 Å². The summed E-state index contributed by atoms with van der Waals surface area (Å²) in [5, 5.41) is 14.2. The quantitative estimate of drug-likeness (QED) is 0.740. The van der Waals surface area contributed by atoms with Gasteiger partial charge in [0, 0.05) is 5.69 Å². The van der Waals surface area contributed by atoms with E-state index in [1.54, 1.807) is 12.1 Å². The maximum absolute atomic E-state index is 12.0. The van der Waals surface area contributed by atoms with Crippen molar-refractivity contribution in [2.75, 3.05) is 10.6 Å². The molecule has 0 aliphatic heterocycles. The molecule has 0 radical (unpaired) electrons.